The maximum atomic E-state index is 9.50. The molecule has 0 bridgehead atoms. The lowest BCUT2D eigenvalue weighted by Crippen LogP contribution is -1.06. The molecule has 0 amide bonds. The van der Waals surface area contributed by atoms with E-state index in [1.165, 1.54) is 0 Å². The summed E-state index contributed by atoms with van der Waals surface area (Å²) in [6, 6.07) is 0. The number of hydrogen-bond donors (Lipinski definition) is 0. The van der Waals surface area contributed by atoms with Crippen LogP contribution in [0.25, 0.3) is 0 Å². The molecule has 4 heavy (non-hydrogen) atoms. The van der Waals surface area contributed by atoms with Crippen LogP contribution in [0.4, 0.5) is 8.71 Å². The minimum Gasteiger partial charge on any atom is -0.350 e. The third-order valence-corrected chi connectivity index (χ3v) is 0. The monoisotopic (exact) mass is 64.0 g/mol. The summed E-state index contributed by atoms with van der Waals surface area (Å²) in [5.41, 5.74) is 0. The first-order valence-corrected chi connectivity index (χ1v) is 0.596. The Morgan fingerprint density at radius 1 is 1.25 bits per heavy atom. The molecule has 3 heteroatoms. The standard InChI is InChI=1S/CH3F.BF/c2*1-2/h1H3;. The summed E-state index contributed by atoms with van der Waals surface area (Å²) in [5, 5.41) is 0. The highest BCUT2D eigenvalue weighted by Gasteiger charge is 1.06. The highest BCUT2D eigenvalue weighted by molar-refractivity contribution is 5.96. The minimum atomic E-state index is 0.500. The van der Waals surface area contributed by atoms with Crippen molar-refractivity contribution in [1.82, 2.24) is 0 Å². The zero-order valence-electron chi connectivity index (χ0n) is 2.33. The Kier molecular flexibility index (Phi) is 4360. The first-order valence-electron chi connectivity index (χ1n) is 0.596. The average molecular weight is 63.8 g/mol. The van der Waals surface area contributed by atoms with Gasteiger partial charge in [-0.05, 0) is 0 Å². The van der Waals surface area contributed by atoms with Crippen LogP contribution in [0, 0.1) is 0 Å². The van der Waals surface area contributed by atoms with Gasteiger partial charge in [0.1, 0.15) is 0 Å². The van der Waals surface area contributed by atoms with Gasteiger partial charge in [-0.3, -0.25) is 4.39 Å². The Morgan fingerprint density at radius 3 is 1.25 bits per heavy atom. The molecule has 0 aliphatic heterocycles. The third-order valence-electron chi connectivity index (χ3n) is 0. The van der Waals surface area contributed by atoms with E-state index in [-0.39, 0.29) is 0 Å². The Labute approximate surface area is 25.3 Å². The topological polar surface area (TPSA) is 0 Å². The molecule has 0 saturated carbocycles. The predicted molar refractivity (Wildman–Crippen MR) is 13.9 cm³/mol. The molecule has 0 aromatic heterocycles. The SMILES string of the molecule is CF.[B]F. The minimum absolute atomic E-state index is 0.500. The first-order chi connectivity index (χ1) is 2.00. The van der Waals surface area contributed by atoms with Crippen LogP contribution in [-0.4, -0.2) is 15.3 Å². The molecule has 0 spiro atoms. The van der Waals surface area contributed by atoms with Gasteiger partial charge < -0.3 is 4.32 Å². The van der Waals surface area contributed by atoms with Crippen LogP contribution in [0.1, 0.15) is 0 Å². The molecule has 0 heterocycles. The van der Waals surface area contributed by atoms with Gasteiger partial charge >= 0.3 is 8.12 Å². The molecule has 0 aliphatic rings. The Morgan fingerprint density at radius 2 is 1.25 bits per heavy atom. The second-order valence-electron chi connectivity index (χ2n) is 0. The van der Waals surface area contributed by atoms with E-state index in [1.54, 1.807) is 0 Å². The molecule has 0 N–H and O–H groups in total. The van der Waals surface area contributed by atoms with Crippen LogP contribution in [0.2, 0.25) is 0 Å². The summed E-state index contributed by atoms with van der Waals surface area (Å²) in [6.45, 7) is 0. The number of halogens is 2. The highest BCUT2D eigenvalue weighted by Crippen LogP contribution is 1.16. The summed E-state index contributed by atoms with van der Waals surface area (Å²) in [4.78, 5) is 0. The zero-order chi connectivity index (χ0) is 4.00. The summed E-state index contributed by atoms with van der Waals surface area (Å²) in [5.74, 6) is 0. The third kappa shape index (κ3) is 292. The molecule has 0 rings (SSSR count). The van der Waals surface area contributed by atoms with Crippen molar-refractivity contribution in [1.29, 1.82) is 0 Å². The van der Waals surface area contributed by atoms with E-state index in [2.05, 4.69) is 8.12 Å². The maximum absolute atomic E-state index is 9.50. The van der Waals surface area contributed by atoms with E-state index >= 15 is 0 Å². The van der Waals surface area contributed by atoms with Crippen LogP contribution in [0.3, 0.4) is 0 Å². The van der Waals surface area contributed by atoms with Crippen molar-refractivity contribution in [3.8, 4) is 0 Å². The van der Waals surface area contributed by atoms with Gasteiger partial charge in [-0.2, -0.15) is 0 Å². The fourth-order valence-electron chi connectivity index (χ4n) is 0. The number of hydrogen-bond acceptors (Lipinski definition) is 0. The van der Waals surface area contributed by atoms with E-state index in [0.29, 0.717) is 7.18 Å². The van der Waals surface area contributed by atoms with Crippen molar-refractivity contribution in [2.24, 2.45) is 0 Å². The summed E-state index contributed by atoms with van der Waals surface area (Å²) >= 11 is 0. The van der Waals surface area contributed by atoms with Crippen molar-refractivity contribution >= 4 is 8.12 Å². The van der Waals surface area contributed by atoms with Crippen LogP contribution in [-0.2, 0) is 0 Å². The van der Waals surface area contributed by atoms with Crippen molar-refractivity contribution < 1.29 is 8.71 Å². The lowest BCUT2D eigenvalue weighted by molar-refractivity contribution is 0.636. The Balaban J connectivity index is 0. The van der Waals surface area contributed by atoms with Gasteiger partial charge in [-0.25, -0.2) is 0 Å². The molecule has 0 fully saturated rings. The summed E-state index contributed by atoms with van der Waals surface area (Å²) in [6.07, 6.45) is 0. The zero-order valence-corrected chi connectivity index (χ0v) is 2.33. The molecule has 24 valence electrons. The molecule has 0 atom stereocenters. The van der Waals surface area contributed by atoms with Crippen LogP contribution >= 0.6 is 0 Å². The van der Waals surface area contributed by atoms with Gasteiger partial charge in [-0.1, -0.05) is 0 Å². The maximum Gasteiger partial charge on any atom is 0.350 e. The van der Waals surface area contributed by atoms with Gasteiger partial charge in [0, 0.05) is 0 Å². The fraction of sp³-hybridized carbons (Fsp3) is 1.00. The summed E-state index contributed by atoms with van der Waals surface area (Å²) in [7, 11) is 3.50. The lowest BCUT2D eigenvalue weighted by atomic mass is 10.7. The van der Waals surface area contributed by atoms with E-state index in [1.807, 2.05) is 0 Å². The van der Waals surface area contributed by atoms with Crippen LogP contribution < -0.4 is 0 Å². The molecule has 0 aromatic carbocycles. The van der Waals surface area contributed by atoms with Gasteiger partial charge in [0.2, 0.25) is 0 Å². The van der Waals surface area contributed by atoms with Crippen molar-refractivity contribution in [3.05, 3.63) is 0 Å². The van der Waals surface area contributed by atoms with Crippen molar-refractivity contribution in [3.63, 3.8) is 0 Å². The molecule has 0 aliphatic carbocycles. The molecule has 0 unspecified atom stereocenters. The molecular weight excluding hydrogens is 60.8 g/mol. The van der Waals surface area contributed by atoms with Gasteiger partial charge in [0.15, 0.2) is 0 Å². The first kappa shape index (κ1) is 9.06. The molecule has 0 nitrogen and oxygen atoms in total. The van der Waals surface area contributed by atoms with Crippen LogP contribution in [0.15, 0.2) is 0 Å². The second-order valence-corrected chi connectivity index (χ2v) is 0. The lowest BCUT2D eigenvalue weighted by Gasteiger charge is -1.10. The normalized spacial score (nSPS) is 2.75. The number of alkyl halides is 1. The number of rotatable bonds is 0. The predicted octanol–water partition coefficient (Wildman–Crippen LogP) is 0.625. The van der Waals surface area contributed by atoms with E-state index in [9.17, 15) is 4.39 Å². The van der Waals surface area contributed by atoms with Crippen LogP contribution in [0.5, 0.6) is 0 Å². The fourth-order valence-corrected chi connectivity index (χ4v) is 0. The molecule has 0 saturated heterocycles. The van der Waals surface area contributed by atoms with Gasteiger partial charge in [-0.15, -0.1) is 0 Å². The van der Waals surface area contributed by atoms with Crippen molar-refractivity contribution in [2.45, 2.75) is 0 Å². The van der Waals surface area contributed by atoms with Gasteiger partial charge in [0.25, 0.3) is 0 Å². The van der Waals surface area contributed by atoms with Gasteiger partial charge in [0.05, 0.1) is 7.18 Å². The average Bonchev–Trinajstić information content (AvgIpc) is 1.50. The summed E-state index contributed by atoms with van der Waals surface area (Å²) < 4.78 is 18.5. The second kappa shape index (κ2) is 1920. The smallest absolute Gasteiger partial charge is 0.350 e. The largest absolute Gasteiger partial charge is 0.350 e. The van der Waals surface area contributed by atoms with E-state index in [4.69, 9.17) is 4.32 Å². The molecular formula is CH3BF2. The Bertz CT molecular complexity index is 6.00. The van der Waals surface area contributed by atoms with Crippen molar-refractivity contribution in [2.75, 3.05) is 7.18 Å². The highest BCUT2D eigenvalue weighted by atomic mass is 19.1. The molecule has 0 aromatic rings. The Hall–Kier alpha value is -0.0751. The van der Waals surface area contributed by atoms with E-state index < -0.39 is 0 Å². The quantitative estimate of drug-likeness (QED) is 0.362. The van der Waals surface area contributed by atoms with E-state index in [0.717, 1.165) is 0 Å². The molecule has 2 radical (unpaired) electrons.